The molecule has 1 aliphatic heterocycles. The molecule has 5 N–H and O–H groups in total. The third kappa shape index (κ3) is 13.0. The Morgan fingerprint density at radius 3 is 2.34 bits per heavy atom. The van der Waals surface area contributed by atoms with E-state index >= 15 is 0 Å². The number of ether oxygens (including phenoxy) is 2. The smallest absolute Gasteiger partial charge is 0.459 e. The van der Waals surface area contributed by atoms with Gasteiger partial charge in [-0.25, -0.2) is 14.1 Å². The summed E-state index contributed by atoms with van der Waals surface area (Å²) in [4.78, 5) is 17.0. The molecule has 3 heterocycles. The van der Waals surface area contributed by atoms with Crippen molar-refractivity contribution >= 4 is 25.1 Å². The summed E-state index contributed by atoms with van der Waals surface area (Å²) in [6, 6.07) is 10.9. The first-order chi connectivity index (χ1) is 27.7. The Morgan fingerprint density at radius 2 is 1.69 bits per heavy atom. The Kier molecular flexibility index (Phi) is 17.9. The SMILES string of the molecule is CCCCC/C=C\C/C=C\CCCCCCCCOC(=O)[C@H](C)N[P@](=O)(OC[C@H]1O[C@@](C#N)(c2ccc3c(N)ncnn23)[C@H](O)[C@@H]1O)Oc1ccc(C(C)(C)C)cc1. The fourth-order valence-corrected chi connectivity index (χ4v) is 8.15. The van der Waals surface area contributed by atoms with Gasteiger partial charge in [-0.3, -0.25) is 9.32 Å². The van der Waals surface area contributed by atoms with E-state index in [9.17, 15) is 24.8 Å². The van der Waals surface area contributed by atoms with E-state index in [-0.39, 0.29) is 29.3 Å². The average molecular weight is 823 g/mol. The number of aliphatic hydroxyl groups is 2. The highest BCUT2D eigenvalue weighted by molar-refractivity contribution is 7.52. The Labute approximate surface area is 343 Å². The average Bonchev–Trinajstić information content (AvgIpc) is 3.74. The lowest BCUT2D eigenvalue weighted by Gasteiger charge is -2.26. The number of nitrogen functional groups attached to an aromatic ring is 1. The van der Waals surface area contributed by atoms with Crippen LogP contribution < -0.4 is 15.3 Å². The van der Waals surface area contributed by atoms with Crippen molar-refractivity contribution in [1.29, 1.82) is 5.26 Å². The van der Waals surface area contributed by atoms with Crippen LogP contribution in [0.15, 0.2) is 67.0 Å². The van der Waals surface area contributed by atoms with Crippen LogP contribution in [0.4, 0.5) is 5.82 Å². The molecule has 0 spiro atoms. The second kappa shape index (κ2) is 22.3. The number of anilines is 1. The quantitative estimate of drug-likeness (QED) is 0.0293. The van der Waals surface area contributed by atoms with Gasteiger partial charge in [-0.15, -0.1) is 0 Å². The van der Waals surface area contributed by atoms with Gasteiger partial charge in [0.15, 0.2) is 5.82 Å². The van der Waals surface area contributed by atoms with Crippen molar-refractivity contribution < 1.29 is 38.1 Å². The van der Waals surface area contributed by atoms with Crippen molar-refractivity contribution in [3.05, 3.63) is 78.3 Å². The van der Waals surface area contributed by atoms with Gasteiger partial charge in [0.05, 0.1) is 18.9 Å². The molecule has 3 aromatic rings. The largest absolute Gasteiger partial charge is 0.465 e. The first-order valence-corrected chi connectivity index (χ1v) is 22.1. The number of benzene rings is 1. The van der Waals surface area contributed by atoms with Crippen LogP contribution in [0, 0.1) is 11.3 Å². The maximum absolute atomic E-state index is 14.4. The molecule has 14 nitrogen and oxygen atoms in total. The monoisotopic (exact) mass is 822 g/mol. The molecule has 15 heteroatoms. The van der Waals surface area contributed by atoms with E-state index < -0.39 is 50.3 Å². The van der Waals surface area contributed by atoms with E-state index in [0.29, 0.717) is 11.9 Å². The molecule has 0 unspecified atom stereocenters. The molecule has 0 aliphatic carbocycles. The molecule has 0 bridgehead atoms. The molecule has 1 aromatic carbocycles. The van der Waals surface area contributed by atoms with Gasteiger partial charge >= 0.3 is 13.7 Å². The van der Waals surface area contributed by atoms with E-state index in [2.05, 4.69) is 67.2 Å². The molecule has 1 saturated heterocycles. The number of hydrogen-bond donors (Lipinski definition) is 4. The predicted molar refractivity (Wildman–Crippen MR) is 224 cm³/mol. The standard InChI is InChI=1S/C43H63N6O8P/c1-6-7-8-9-10-11-12-13-14-15-16-17-18-19-20-21-28-54-41(52)32(2)48-58(53,57-34-24-22-33(23-25-34)42(3,4)5)55-29-36-38(50)39(51)43(30-44,56-36)37-27-26-35-40(45)46-31-47-49(35)37/h10-11,13-14,22-27,31-32,36,38-39,50-51H,6-9,12,15-21,28-29H2,1-5H3,(H,48,53)(H2,45,46,47)/b11-10-,14-13-/t32-,36+,38+,39+,43-,58-/m0/s1. The summed E-state index contributed by atoms with van der Waals surface area (Å²) in [6.45, 7) is 9.50. The van der Waals surface area contributed by atoms with Gasteiger partial charge < -0.3 is 29.9 Å². The van der Waals surface area contributed by atoms with Crippen molar-refractivity contribution in [3.63, 3.8) is 0 Å². The predicted octanol–water partition coefficient (Wildman–Crippen LogP) is 7.99. The summed E-state index contributed by atoms with van der Waals surface area (Å²) in [5.74, 6) is -0.311. The second-order valence-electron chi connectivity index (χ2n) is 15.9. The first kappa shape index (κ1) is 46.6. The summed E-state index contributed by atoms with van der Waals surface area (Å²) in [7, 11) is -4.40. The fourth-order valence-electron chi connectivity index (χ4n) is 6.64. The number of allylic oxidation sites excluding steroid dienone is 4. The van der Waals surface area contributed by atoms with E-state index in [1.54, 1.807) is 18.2 Å². The van der Waals surface area contributed by atoms with Gasteiger partial charge in [-0.05, 0) is 80.7 Å². The maximum Gasteiger partial charge on any atom is 0.459 e. The van der Waals surface area contributed by atoms with Gasteiger partial charge in [-0.1, -0.05) is 103 Å². The summed E-state index contributed by atoms with van der Waals surface area (Å²) < 4.78 is 38.8. The summed E-state index contributed by atoms with van der Waals surface area (Å²) >= 11 is 0. The van der Waals surface area contributed by atoms with Gasteiger partial charge in [0, 0.05) is 0 Å². The van der Waals surface area contributed by atoms with Crippen molar-refractivity contribution in [1.82, 2.24) is 19.7 Å². The molecular formula is C43H63N6O8P. The van der Waals surface area contributed by atoms with Crippen LogP contribution in [-0.4, -0.2) is 68.3 Å². The van der Waals surface area contributed by atoms with Crippen molar-refractivity contribution in [2.24, 2.45) is 0 Å². The minimum Gasteiger partial charge on any atom is -0.465 e. The van der Waals surface area contributed by atoms with Crippen LogP contribution in [-0.2, 0) is 34.4 Å². The number of fused-ring (bicyclic) bond motifs is 1. The van der Waals surface area contributed by atoms with Crippen LogP contribution >= 0.6 is 7.75 Å². The Morgan fingerprint density at radius 1 is 1.03 bits per heavy atom. The third-order valence-corrected chi connectivity index (χ3v) is 11.8. The number of carbonyl (C=O) groups is 1. The molecule has 6 atom stereocenters. The van der Waals surface area contributed by atoms with Gasteiger partial charge in [0.25, 0.3) is 0 Å². The zero-order chi connectivity index (χ0) is 42.2. The van der Waals surface area contributed by atoms with Crippen LogP contribution in [0.3, 0.4) is 0 Å². The molecule has 0 radical (unpaired) electrons. The zero-order valence-corrected chi connectivity index (χ0v) is 35.6. The van der Waals surface area contributed by atoms with Crippen LogP contribution in [0.2, 0.25) is 0 Å². The minimum atomic E-state index is -4.40. The van der Waals surface area contributed by atoms with Gasteiger partial charge in [0.1, 0.15) is 48.0 Å². The van der Waals surface area contributed by atoms with E-state index in [1.165, 1.54) is 49.5 Å². The van der Waals surface area contributed by atoms with Gasteiger partial charge in [-0.2, -0.15) is 15.4 Å². The number of nitriles is 1. The normalized spacial score (nSPS) is 21.4. The molecule has 1 fully saturated rings. The first-order valence-electron chi connectivity index (χ1n) is 20.6. The molecule has 0 amide bonds. The van der Waals surface area contributed by atoms with E-state index in [4.69, 9.17) is 24.3 Å². The second-order valence-corrected chi connectivity index (χ2v) is 17.6. The molecule has 1 aliphatic rings. The number of esters is 1. The summed E-state index contributed by atoms with van der Waals surface area (Å²) in [6.07, 6.45) is 18.6. The van der Waals surface area contributed by atoms with E-state index in [0.717, 1.165) is 50.5 Å². The topological polar surface area (TPSA) is 204 Å². The number of nitrogens with zero attached hydrogens (tertiary/aromatic N) is 4. The van der Waals surface area contributed by atoms with Crippen molar-refractivity contribution in [3.8, 4) is 11.8 Å². The van der Waals surface area contributed by atoms with Crippen LogP contribution in [0.5, 0.6) is 5.75 Å². The molecule has 0 saturated carbocycles. The van der Waals surface area contributed by atoms with E-state index in [1.807, 2.05) is 18.2 Å². The Hall–Kier alpha value is -4.09. The molecular weight excluding hydrogens is 759 g/mol. The maximum atomic E-state index is 14.4. The number of nitrogens with two attached hydrogens (primary N) is 1. The highest BCUT2D eigenvalue weighted by Crippen LogP contribution is 2.47. The Balaban J connectivity index is 1.29. The Bertz CT molecular complexity index is 1890. The molecule has 58 heavy (non-hydrogen) atoms. The molecule has 4 rings (SSSR count). The number of rotatable bonds is 24. The summed E-state index contributed by atoms with van der Waals surface area (Å²) in [5.41, 5.74) is 5.19. The molecule has 318 valence electrons. The number of unbranched alkanes of at least 4 members (excludes halogenated alkanes) is 9. The number of nitrogens with one attached hydrogen (secondary N) is 1. The third-order valence-electron chi connectivity index (χ3n) is 10.1. The number of aliphatic hydroxyl groups excluding tert-OH is 2. The highest BCUT2D eigenvalue weighted by Gasteiger charge is 2.58. The lowest BCUT2D eigenvalue weighted by molar-refractivity contribution is -0.145. The fraction of sp³-hybridized carbons (Fsp3) is 0.581. The van der Waals surface area contributed by atoms with Crippen LogP contribution in [0.25, 0.3) is 5.52 Å². The van der Waals surface area contributed by atoms with Crippen LogP contribution in [0.1, 0.15) is 123 Å². The summed E-state index contributed by atoms with van der Waals surface area (Å²) in [5, 5.41) is 39.4. The lowest BCUT2D eigenvalue weighted by Crippen LogP contribution is -2.41. The molecule has 2 aromatic heterocycles. The van der Waals surface area contributed by atoms with Gasteiger partial charge in [0.2, 0.25) is 5.60 Å². The lowest BCUT2D eigenvalue weighted by atomic mass is 9.87. The number of carbonyl (C=O) groups excluding carboxylic acids is 1. The number of aromatic nitrogens is 3. The zero-order valence-electron chi connectivity index (χ0n) is 34.7. The number of hydrogen-bond acceptors (Lipinski definition) is 12. The minimum absolute atomic E-state index is 0.0980. The highest BCUT2D eigenvalue weighted by atomic mass is 31.2. The van der Waals surface area contributed by atoms with Crippen molar-refractivity contribution in [2.75, 3.05) is 18.9 Å². The van der Waals surface area contributed by atoms with Crippen molar-refractivity contribution in [2.45, 2.75) is 147 Å².